The van der Waals surface area contributed by atoms with Crippen LogP contribution in [0.4, 0.5) is 0 Å². The predicted molar refractivity (Wildman–Crippen MR) is 40.5 cm³/mol. The Balaban J connectivity index is 3.01. The number of aliphatic carboxylic acids is 2. The van der Waals surface area contributed by atoms with Crippen molar-refractivity contribution in [3.05, 3.63) is 0 Å². The molecule has 0 radical (unpaired) electrons. The molecule has 0 aromatic rings. The Hall–Kier alpha value is -1.14. The molecule has 0 aliphatic rings. The van der Waals surface area contributed by atoms with Crippen molar-refractivity contribution < 1.29 is 19.8 Å². The highest BCUT2D eigenvalue weighted by Gasteiger charge is 1.96. The summed E-state index contributed by atoms with van der Waals surface area (Å²) in [7, 11) is 0. The minimum Gasteiger partial charge on any atom is -0.481 e. The number of carbonyl (C=O) groups is 2. The molecule has 0 saturated carbocycles. The summed E-state index contributed by atoms with van der Waals surface area (Å²) in [6.07, 6.45) is 0.559. The van der Waals surface area contributed by atoms with E-state index in [0.29, 0.717) is 13.0 Å². The van der Waals surface area contributed by atoms with E-state index in [9.17, 15) is 9.59 Å². The lowest BCUT2D eigenvalue weighted by molar-refractivity contribution is -0.138. The number of hydrogen-bond donors (Lipinski definition) is 4. The molecule has 0 aromatic heterocycles. The van der Waals surface area contributed by atoms with Crippen LogP contribution in [0.2, 0.25) is 0 Å². The van der Waals surface area contributed by atoms with E-state index in [-0.39, 0.29) is 13.0 Å². The van der Waals surface area contributed by atoms with E-state index in [0.717, 1.165) is 0 Å². The minimum atomic E-state index is -0.958. The Labute approximate surface area is 69.5 Å². The highest BCUT2D eigenvalue weighted by molar-refractivity contribution is 5.68. The van der Waals surface area contributed by atoms with E-state index in [4.69, 9.17) is 10.2 Å². The number of carboxylic acids is 2. The van der Waals surface area contributed by atoms with Gasteiger partial charge in [0.05, 0.1) is 0 Å². The van der Waals surface area contributed by atoms with Crippen LogP contribution in [-0.4, -0.2) is 35.2 Å². The Morgan fingerprint density at radius 1 is 1.08 bits per heavy atom. The third-order valence-electron chi connectivity index (χ3n) is 1.06. The van der Waals surface area contributed by atoms with Gasteiger partial charge in [0.25, 0.3) is 0 Å². The van der Waals surface area contributed by atoms with E-state index in [1.807, 2.05) is 0 Å². The maximum absolute atomic E-state index is 10.00. The van der Waals surface area contributed by atoms with Crippen LogP contribution in [0.25, 0.3) is 0 Å². The van der Waals surface area contributed by atoms with E-state index in [1.54, 1.807) is 0 Å². The van der Waals surface area contributed by atoms with Crippen molar-refractivity contribution in [2.75, 3.05) is 13.1 Å². The number of nitrogens with one attached hydrogen (secondary N) is 2. The van der Waals surface area contributed by atoms with Gasteiger partial charge in [-0.15, -0.1) is 0 Å². The first-order chi connectivity index (χ1) is 5.63. The zero-order chi connectivity index (χ0) is 9.40. The Morgan fingerprint density at radius 2 is 1.75 bits per heavy atom. The zero-order valence-corrected chi connectivity index (χ0v) is 6.54. The van der Waals surface area contributed by atoms with Crippen molar-refractivity contribution in [3.63, 3.8) is 0 Å². The summed E-state index contributed by atoms with van der Waals surface area (Å²) >= 11 is 0. The van der Waals surface area contributed by atoms with Crippen LogP contribution in [0.5, 0.6) is 0 Å². The molecule has 0 aliphatic carbocycles. The molecule has 6 heteroatoms. The summed E-state index contributed by atoms with van der Waals surface area (Å²) in [5.74, 6) is -1.81. The molecule has 70 valence electrons. The summed E-state index contributed by atoms with van der Waals surface area (Å²) in [4.78, 5) is 19.9. The van der Waals surface area contributed by atoms with Gasteiger partial charge in [0.2, 0.25) is 0 Å². The number of rotatable bonds is 7. The van der Waals surface area contributed by atoms with Gasteiger partial charge in [-0.3, -0.25) is 15.0 Å². The summed E-state index contributed by atoms with van der Waals surface area (Å²) in [5, 5.41) is 16.4. The molecule has 0 spiro atoms. The van der Waals surface area contributed by atoms with Gasteiger partial charge >= 0.3 is 11.9 Å². The van der Waals surface area contributed by atoms with E-state index < -0.39 is 11.9 Å². The van der Waals surface area contributed by atoms with Crippen molar-refractivity contribution in [1.82, 2.24) is 10.9 Å². The van der Waals surface area contributed by atoms with Gasteiger partial charge in [-0.25, -0.2) is 5.43 Å². The SMILES string of the molecule is O=C(O)CCCNNCC(=O)O. The van der Waals surface area contributed by atoms with Crippen LogP contribution in [0, 0.1) is 0 Å². The van der Waals surface area contributed by atoms with Gasteiger partial charge in [-0.1, -0.05) is 0 Å². The molecule has 0 fully saturated rings. The molecule has 0 rings (SSSR count). The van der Waals surface area contributed by atoms with Gasteiger partial charge in [0.15, 0.2) is 0 Å². The largest absolute Gasteiger partial charge is 0.481 e. The van der Waals surface area contributed by atoms with Crippen LogP contribution in [0.1, 0.15) is 12.8 Å². The smallest absolute Gasteiger partial charge is 0.318 e. The van der Waals surface area contributed by atoms with E-state index in [1.165, 1.54) is 0 Å². The third kappa shape index (κ3) is 8.86. The molecule has 0 heterocycles. The summed E-state index contributed by atoms with van der Waals surface area (Å²) < 4.78 is 0. The molecule has 0 saturated heterocycles. The van der Waals surface area contributed by atoms with Crippen molar-refractivity contribution in [2.45, 2.75) is 12.8 Å². The highest BCUT2D eigenvalue weighted by Crippen LogP contribution is 1.84. The van der Waals surface area contributed by atoms with Gasteiger partial charge in [0.1, 0.15) is 6.54 Å². The fraction of sp³-hybridized carbons (Fsp3) is 0.667. The normalized spacial score (nSPS) is 9.67. The van der Waals surface area contributed by atoms with E-state index in [2.05, 4.69) is 10.9 Å². The van der Waals surface area contributed by atoms with Gasteiger partial charge in [-0.2, -0.15) is 0 Å². The molecule has 12 heavy (non-hydrogen) atoms. The second-order valence-corrected chi connectivity index (χ2v) is 2.17. The highest BCUT2D eigenvalue weighted by atomic mass is 16.4. The maximum atomic E-state index is 10.00. The molecular weight excluding hydrogens is 164 g/mol. The lowest BCUT2D eigenvalue weighted by Gasteiger charge is -2.02. The third-order valence-corrected chi connectivity index (χ3v) is 1.06. The molecule has 4 N–H and O–H groups in total. The topological polar surface area (TPSA) is 98.7 Å². The summed E-state index contributed by atoms with van der Waals surface area (Å²) in [6, 6.07) is 0. The molecule has 6 nitrogen and oxygen atoms in total. The van der Waals surface area contributed by atoms with Crippen LogP contribution in [0.15, 0.2) is 0 Å². The standard InChI is InChI=1S/C6H12N2O4/c9-5(10)2-1-3-7-8-4-6(11)12/h7-8H,1-4H2,(H,9,10)(H,11,12). The van der Waals surface area contributed by atoms with Crippen molar-refractivity contribution in [1.29, 1.82) is 0 Å². The fourth-order valence-electron chi connectivity index (χ4n) is 0.555. The lowest BCUT2D eigenvalue weighted by Crippen LogP contribution is -2.36. The first-order valence-corrected chi connectivity index (χ1v) is 3.52. The average Bonchev–Trinajstić information content (AvgIpc) is 1.95. The minimum absolute atomic E-state index is 0.0851. The molecule has 0 bridgehead atoms. The molecule has 0 unspecified atom stereocenters. The summed E-state index contributed by atoms with van der Waals surface area (Å²) in [6.45, 7) is 0.270. The number of hydrazine groups is 1. The Kier molecular flexibility index (Phi) is 5.94. The Bertz CT molecular complexity index is 142. The Morgan fingerprint density at radius 3 is 2.25 bits per heavy atom. The maximum Gasteiger partial charge on any atom is 0.318 e. The first-order valence-electron chi connectivity index (χ1n) is 3.52. The fourth-order valence-corrected chi connectivity index (χ4v) is 0.555. The second-order valence-electron chi connectivity index (χ2n) is 2.17. The number of carboxylic acid groups (broad SMARTS) is 2. The molecular formula is C6H12N2O4. The quantitative estimate of drug-likeness (QED) is 0.294. The monoisotopic (exact) mass is 176 g/mol. The van der Waals surface area contributed by atoms with Crippen LogP contribution < -0.4 is 10.9 Å². The van der Waals surface area contributed by atoms with Crippen LogP contribution >= 0.6 is 0 Å². The lowest BCUT2D eigenvalue weighted by atomic mass is 10.3. The predicted octanol–water partition coefficient (Wildman–Crippen LogP) is -0.970. The number of hydrogen-bond acceptors (Lipinski definition) is 4. The van der Waals surface area contributed by atoms with E-state index >= 15 is 0 Å². The summed E-state index contributed by atoms with van der Waals surface area (Å²) in [5.41, 5.74) is 4.99. The zero-order valence-electron chi connectivity index (χ0n) is 6.54. The van der Waals surface area contributed by atoms with Crippen LogP contribution in [0.3, 0.4) is 0 Å². The van der Waals surface area contributed by atoms with Crippen molar-refractivity contribution in [3.8, 4) is 0 Å². The van der Waals surface area contributed by atoms with Crippen LogP contribution in [-0.2, 0) is 9.59 Å². The molecule has 0 atom stereocenters. The van der Waals surface area contributed by atoms with Crippen molar-refractivity contribution >= 4 is 11.9 Å². The molecule has 0 amide bonds. The van der Waals surface area contributed by atoms with Gasteiger partial charge in [-0.05, 0) is 6.42 Å². The molecule has 0 aliphatic heterocycles. The van der Waals surface area contributed by atoms with Gasteiger partial charge < -0.3 is 10.2 Å². The van der Waals surface area contributed by atoms with Gasteiger partial charge in [0, 0.05) is 13.0 Å². The molecule has 0 aromatic carbocycles. The first kappa shape index (κ1) is 10.9. The second kappa shape index (κ2) is 6.56. The average molecular weight is 176 g/mol. The van der Waals surface area contributed by atoms with Crippen molar-refractivity contribution in [2.24, 2.45) is 0 Å².